The van der Waals surface area contributed by atoms with Crippen LogP contribution in [0.15, 0.2) is 150 Å². The van der Waals surface area contributed by atoms with Crippen LogP contribution in [0.5, 0.6) is 0 Å². The summed E-state index contributed by atoms with van der Waals surface area (Å²) < 4.78 is 5.18. The van der Waals surface area contributed by atoms with Crippen LogP contribution in [0, 0.1) is 0 Å². The summed E-state index contributed by atoms with van der Waals surface area (Å²) >= 11 is 0. The Balaban J connectivity index is 1.21. The third-order valence-electron chi connectivity index (χ3n) is 8.47. The number of benzene rings is 4. The van der Waals surface area contributed by atoms with Gasteiger partial charge >= 0.3 is 0 Å². The number of hydrogen-bond donors (Lipinski definition) is 0. The fraction of sp³-hybridized carbons (Fsp3) is 0. The molecule has 0 aliphatic carbocycles. The number of nitrogens with zero attached hydrogens (tertiary/aromatic N) is 6. The van der Waals surface area contributed by atoms with Crippen molar-refractivity contribution < 1.29 is 4.63 Å². The number of pyridine rings is 4. The molecule has 0 saturated carbocycles. The predicted octanol–water partition coefficient (Wildman–Crippen LogP) is 9.44. The molecule has 0 aliphatic rings. The first kappa shape index (κ1) is 26.8. The molecule has 7 heteroatoms. The third kappa shape index (κ3) is 4.69. The number of hydrogen-bond acceptors (Lipinski definition) is 7. The molecule has 4 aromatic carbocycles. The summed E-state index contributed by atoms with van der Waals surface area (Å²) in [4.78, 5) is 19.4. The molecule has 0 unspecified atom stereocenters. The van der Waals surface area contributed by atoms with Gasteiger partial charge in [-0.05, 0) is 75.5 Å². The van der Waals surface area contributed by atoms with E-state index in [4.69, 9.17) is 14.6 Å². The Labute approximate surface area is 269 Å². The molecule has 0 aliphatic heterocycles. The Kier molecular flexibility index (Phi) is 6.31. The minimum atomic E-state index is 0.714. The zero-order chi connectivity index (χ0) is 31.2. The maximum atomic E-state index is 5.31. The minimum absolute atomic E-state index is 0.714. The summed E-state index contributed by atoms with van der Waals surface area (Å²) in [7, 11) is 0. The van der Waals surface area contributed by atoms with Gasteiger partial charge in [-0.25, -0.2) is 14.6 Å². The molecule has 5 aromatic heterocycles. The van der Waals surface area contributed by atoms with Crippen LogP contribution in [0.4, 0.5) is 0 Å². The third-order valence-corrected chi connectivity index (χ3v) is 8.47. The SMILES string of the molecule is c1ccc(-c2nc3c(-c4ccc(-c5cc(-c6ccccn6)nc(-c6ccccn6)c5)cc4)cccc3c3c2ccc2nonc23)cc1. The molecule has 0 amide bonds. The largest absolute Gasteiger partial charge is 0.255 e. The van der Waals surface area contributed by atoms with Crippen LogP contribution in [0.2, 0.25) is 0 Å². The monoisotopic (exact) mass is 604 g/mol. The Bertz CT molecular complexity index is 2490. The van der Waals surface area contributed by atoms with Crippen molar-refractivity contribution in [3.8, 4) is 56.3 Å². The van der Waals surface area contributed by atoms with Gasteiger partial charge in [0.1, 0.15) is 11.0 Å². The van der Waals surface area contributed by atoms with Crippen molar-refractivity contribution in [2.45, 2.75) is 0 Å². The summed E-state index contributed by atoms with van der Waals surface area (Å²) in [5, 5.41) is 11.4. The molecule has 9 aromatic rings. The number of rotatable bonds is 5. The Morgan fingerprint density at radius 3 is 1.83 bits per heavy atom. The highest BCUT2D eigenvalue weighted by atomic mass is 16.6. The molecule has 5 heterocycles. The second kappa shape index (κ2) is 11.1. The maximum absolute atomic E-state index is 5.31. The summed E-state index contributed by atoms with van der Waals surface area (Å²) in [5.41, 5.74) is 11.6. The van der Waals surface area contributed by atoms with E-state index in [9.17, 15) is 0 Å². The van der Waals surface area contributed by atoms with Crippen LogP contribution in [0.25, 0.3) is 89.0 Å². The van der Waals surface area contributed by atoms with Crippen molar-refractivity contribution in [1.82, 2.24) is 30.2 Å². The van der Waals surface area contributed by atoms with E-state index in [2.05, 4.69) is 93.1 Å². The van der Waals surface area contributed by atoms with E-state index in [1.54, 1.807) is 12.4 Å². The van der Waals surface area contributed by atoms with Crippen LogP contribution in [0.3, 0.4) is 0 Å². The van der Waals surface area contributed by atoms with Gasteiger partial charge in [-0.1, -0.05) is 84.9 Å². The predicted molar refractivity (Wildman–Crippen MR) is 185 cm³/mol. The van der Waals surface area contributed by atoms with Gasteiger partial charge in [-0.15, -0.1) is 0 Å². The van der Waals surface area contributed by atoms with E-state index in [1.807, 2.05) is 60.7 Å². The lowest BCUT2D eigenvalue weighted by Crippen LogP contribution is -1.94. The van der Waals surface area contributed by atoms with Crippen LogP contribution in [-0.2, 0) is 0 Å². The van der Waals surface area contributed by atoms with E-state index >= 15 is 0 Å². The second-order valence-corrected chi connectivity index (χ2v) is 11.3. The van der Waals surface area contributed by atoms with Crippen LogP contribution < -0.4 is 0 Å². The molecule has 220 valence electrons. The first-order valence-electron chi connectivity index (χ1n) is 15.3. The Hall–Kier alpha value is -6.60. The van der Waals surface area contributed by atoms with Crippen LogP contribution >= 0.6 is 0 Å². The normalized spacial score (nSPS) is 11.4. The average Bonchev–Trinajstić information content (AvgIpc) is 3.65. The molecule has 47 heavy (non-hydrogen) atoms. The molecular formula is C40H24N6O. The lowest BCUT2D eigenvalue weighted by Gasteiger charge is -2.14. The molecule has 0 spiro atoms. The van der Waals surface area contributed by atoms with Gasteiger partial charge in [0.25, 0.3) is 0 Å². The zero-order valence-electron chi connectivity index (χ0n) is 24.9. The van der Waals surface area contributed by atoms with Crippen molar-refractivity contribution in [2.24, 2.45) is 0 Å². The van der Waals surface area contributed by atoms with Gasteiger partial charge in [0, 0.05) is 39.7 Å². The highest BCUT2D eigenvalue weighted by Crippen LogP contribution is 2.39. The van der Waals surface area contributed by atoms with E-state index < -0.39 is 0 Å². The molecule has 7 nitrogen and oxygen atoms in total. The molecular weight excluding hydrogens is 580 g/mol. The van der Waals surface area contributed by atoms with E-state index in [1.165, 1.54) is 0 Å². The summed E-state index contributed by atoms with van der Waals surface area (Å²) in [5.74, 6) is 0. The molecule has 9 rings (SSSR count). The highest BCUT2D eigenvalue weighted by Gasteiger charge is 2.18. The smallest absolute Gasteiger partial charge is 0.143 e. The average molecular weight is 605 g/mol. The summed E-state index contributed by atoms with van der Waals surface area (Å²) in [6, 6.07) is 45.0. The summed E-state index contributed by atoms with van der Waals surface area (Å²) in [6.45, 7) is 0. The standard InChI is InChI=1S/C40H24N6O/c1-2-9-27(10-3-1)38-31-19-20-34-40(46-47-45-34)37(31)30-12-8-11-29(39(30)44-38)26-17-15-25(16-18-26)28-23-35(32-13-4-6-21-41-32)43-36(24-28)33-14-5-7-22-42-33/h1-24H. The second-order valence-electron chi connectivity index (χ2n) is 11.3. The lowest BCUT2D eigenvalue weighted by atomic mass is 9.94. The van der Waals surface area contributed by atoms with Crippen molar-refractivity contribution in [3.05, 3.63) is 146 Å². The molecule has 0 radical (unpaired) electrons. The Morgan fingerprint density at radius 1 is 0.426 bits per heavy atom. The van der Waals surface area contributed by atoms with Gasteiger partial charge in [-0.2, -0.15) is 0 Å². The minimum Gasteiger partial charge on any atom is -0.255 e. The fourth-order valence-corrected chi connectivity index (χ4v) is 6.24. The topological polar surface area (TPSA) is 90.5 Å². The van der Waals surface area contributed by atoms with E-state index in [0.717, 1.165) is 83.5 Å². The first-order chi connectivity index (χ1) is 23.3. The quantitative estimate of drug-likeness (QED) is 0.181. The number of fused-ring (bicyclic) bond motifs is 5. The van der Waals surface area contributed by atoms with Crippen molar-refractivity contribution in [1.29, 1.82) is 0 Å². The van der Waals surface area contributed by atoms with Gasteiger partial charge in [0.15, 0.2) is 0 Å². The van der Waals surface area contributed by atoms with Gasteiger partial charge < -0.3 is 0 Å². The Morgan fingerprint density at radius 2 is 1.13 bits per heavy atom. The first-order valence-corrected chi connectivity index (χ1v) is 15.3. The van der Waals surface area contributed by atoms with Gasteiger partial charge in [-0.3, -0.25) is 9.97 Å². The van der Waals surface area contributed by atoms with E-state index in [0.29, 0.717) is 5.52 Å². The molecule has 0 saturated heterocycles. The summed E-state index contributed by atoms with van der Waals surface area (Å²) in [6.07, 6.45) is 3.57. The molecule has 0 atom stereocenters. The van der Waals surface area contributed by atoms with Crippen molar-refractivity contribution in [2.75, 3.05) is 0 Å². The van der Waals surface area contributed by atoms with Crippen molar-refractivity contribution in [3.63, 3.8) is 0 Å². The lowest BCUT2D eigenvalue weighted by molar-refractivity contribution is 0.316. The van der Waals surface area contributed by atoms with Gasteiger partial charge in [0.2, 0.25) is 0 Å². The molecule has 0 bridgehead atoms. The van der Waals surface area contributed by atoms with Crippen LogP contribution in [0.1, 0.15) is 0 Å². The fourth-order valence-electron chi connectivity index (χ4n) is 6.24. The highest BCUT2D eigenvalue weighted by molar-refractivity contribution is 6.22. The molecule has 0 fully saturated rings. The van der Waals surface area contributed by atoms with Gasteiger partial charge in [0.05, 0.1) is 34.0 Å². The van der Waals surface area contributed by atoms with Crippen molar-refractivity contribution >= 4 is 32.7 Å². The number of para-hydroxylation sites is 1. The maximum Gasteiger partial charge on any atom is 0.143 e. The number of aromatic nitrogens is 6. The van der Waals surface area contributed by atoms with E-state index in [-0.39, 0.29) is 0 Å². The molecule has 0 N–H and O–H groups in total. The zero-order valence-corrected chi connectivity index (χ0v) is 24.9. The van der Waals surface area contributed by atoms with Crippen LogP contribution in [-0.4, -0.2) is 30.2 Å².